The molecule has 1 aromatic rings. The van der Waals surface area contributed by atoms with E-state index in [1.165, 1.54) is 0 Å². The molecule has 0 saturated heterocycles. The average molecular weight is 416 g/mol. The maximum atomic E-state index is 11.8. The molecule has 2 aliphatic rings. The number of halogens is 1. The van der Waals surface area contributed by atoms with Crippen LogP contribution >= 0.6 is 15.9 Å². The van der Waals surface area contributed by atoms with Crippen LogP contribution in [0.25, 0.3) is 0 Å². The lowest BCUT2D eigenvalue weighted by Gasteiger charge is -2.18. The van der Waals surface area contributed by atoms with Crippen molar-refractivity contribution in [3.05, 3.63) is 10.0 Å². The zero-order chi connectivity index (χ0) is 18.0. The Morgan fingerprint density at radius 2 is 1.92 bits per heavy atom. The van der Waals surface area contributed by atoms with Gasteiger partial charge in [-0.3, -0.25) is 0 Å². The summed E-state index contributed by atoms with van der Waals surface area (Å²) in [5.74, 6) is 1.58. The molecular weight excluding hydrogens is 398 g/mol. The van der Waals surface area contributed by atoms with Gasteiger partial charge >= 0.3 is 5.97 Å². The lowest BCUT2D eigenvalue weighted by Crippen LogP contribution is -2.19. The van der Waals surface area contributed by atoms with E-state index in [1.54, 1.807) is 21.1 Å². The van der Waals surface area contributed by atoms with Crippen LogP contribution in [0.5, 0.6) is 23.0 Å². The first-order valence-electron chi connectivity index (χ1n) is 7.72. The van der Waals surface area contributed by atoms with Crippen molar-refractivity contribution in [2.24, 2.45) is 5.16 Å². The molecule has 1 atom stereocenters. The lowest BCUT2D eigenvalue weighted by atomic mass is 10.0. The fourth-order valence-corrected chi connectivity index (χ4v) is 3.45. The van der Waals surface area contributed by atoms with E-state index in [0.717, 1.165) is 5.56 Å². The Morgan fingerprint density at radius 3 is 2.56 bits per heavy atom. The highest BCUT2D eigenvalue weighted by Gasteiger charge is 2.34. The highest BCUT2D eigenvalue weighted by Crippen LogP contribution is 2.54. The molecule has 0 amide bonds. The summed E-state index contributed by atoms with van der Waals surface area (Å²) in [6.07, 6.45) is 0.462. The maximum absolute atomic E-state index is 11.8. The Kier molecular flexibility index (Phi) is 5.22. The second-order valence-electron chi connectivity index (χ2n) is 5.32. The molecule has 1 aromatic carbocycles. The Hall–Kier alpha value is -2.16. The van der Waals surface area contributed by atoms with Crippen molar-refractivity contribution < 1.29 is 33.3 Å². The molecule has 2 aliphatic heterocycles. The number of carbonyl (C=O) groups excluding carboxylic acids is 1. The van der Waals surface area contributed by atoms with Gasteiger partial charge in [0.05, 0.1) is 25.3 Å². The number of carbonyl (C=O) groups is 1. The fraction of sp³-hybridized carbons (Fsp3) is 0.500. The van der Waals surface area contributed by atoms with Gasteiger partial charge in [0, 0.05) is 18.4 Å². The van der Waals surface area contributed by atoms with Gasteiger partial charge < -0.3 is 28.5 Å². The van der Waals surface area contributed by atoms with Crippen molar-refractivity contribution in [2.45, 2.75) is 25.9 Å². The molecule has 0 bridgehead atoms. The van der Waals surface area contributed by atoms with Crippen molar-refractivity contribution in [1.29, 1.82) is 0 Å². The van der Waals surface area contributed by atoms with Crippen LogP contribution in [-0.2, 0) is 20.8 Å². The van der Waals surface area contributed by atoms with E-state index in [1.807, 2.05) is 0 Å². The van der Waals surface area contributed by atoms with Gasteiger partial charge in [-0.15, -0.1) is 0 Å². The minimum absolute atomic E-state index is 0.0913. The van der Waals surface area contributed by atoms with Gasteiger partial charge in [-0.1, -0.05) is 5.16 Å². The minimum Gasteiger partial charge on any atom is -0.492 e. The van der Waals surface area contributed by atoms with Crippen molar-refractivity contribution in [3.8, 4) is 23.0 Å². The van der Waals surface area contributed by atoms with Crippen LogP contribution in [0.3, 0.4) is 0 Å². The van der Waals surface area contributed by atoms with Crippen molar-refractivity contribution in [2.75, 3.05) is 27.6 Å². The first kappa shape index (κ1) is 17.7. The topological polar surface area (TPSA) is 84.8 Å². The fourth-order valence-electron chi connectivity index (χ4n) is 2.77. The standard InChI is InChI=1S/C16H18BrNO7/c1-4-22-16(19)10-6-8(25-18-10)5-9-11(17)13(21-3)15-14(12(9)20-2)23-7-24-15/h8H,4-7H2,1-3H3/t8-/m1/s1. The number of oxime groups is 1. The Labute approximate surface area is 153 Å². The third-order valence-electron chi connectivity index (χ3n) is 3.85. The molecule has 0 fully saturated rings. The number of hydrogen-bond donors (Lipinski definition) is 0. The van der Waals surface area contributed by atoms with Crippen LogP contribution in [0.4, 0.5) is 0 Å². The molecule has 9 heteroatoms. The van der Waals surface area contributed by atoms with Crippen LogP contribution in [0, 0.1) is 0 Å². The monoisotopic (exact) mass is 415 g/mol. The van der Waals surface area contributed by atoms with Gasteiger partial charge in [-0.05, 0) is 22.9 Å². The molecule has 136 valence electrons. The third kappa shape index (κ3) is 3.20. The summed E-state index contributed by atoms with van der Waals surface area (Å²) in [6, 6.07) is 0. The van der Waals surface area contributed by atoms with E-state index in [4.69, 9.17) is 28.5 Å². The molecule has 0 aromatic heterocycles. The van der Waals surface area contributed by atoms with Crippen LogP contribution < -0.4 is 18.9 Å². The number of benzene rings is 1. The van der Waals surface area contributed by atoms with Crippen LogP contribution in [0.2, 0.25) is 0 Å². The molecule has 0 radical (unpaired) electrons. The smallest absolute Gasteiger partial charge is 0.356 e. The highest BCUT2D eigenvalue weighted by atomic mass is 79.9. The van der Waals surface area contributed by atoms with E-state index in [2.05, 4.69) is 21.1 Å². The lowest BCUT2D eigenvalue weighted by molar-refractivity contribution is -0.135. The van der Waals surface area contributed by atoms with E-state index in [9.17, 15) is 4.79 Å². The normalized spacial score (nSPS) is 17.8. The second kappa shape index (κ2) is 7.38. The number of ether oxygens (including phenoxy) is 5. The largest absolute Gasteiger partial charge is 0.492 e. The number of nitrogens with zero attached hydrogens (tertiary/aromatic N) is 1. The van der Waals surface area contributed by atoms with E-state index >= 15 is 0 Å². The third-order valence-corrected chi connectivity index (χ3v) is 4.69. The van der Waals surface area contributed by atoms with Gasteiger partial charge in [0.15, 0.2) is 17.2 Å². The first-order valence-corrected chi connectivity index (χ1v) is 8.51. The Balaban J connectivity index is 1.85. The van der Waals surface area contributed by atoms with Gasteiger partial charge in [0.25, 0.3) is 0 Å². The predicted molar refractivity (Wildman–Crippen MR) is 90.6 cm³/mol. The summed E-state index contributed by atoms with van der Waals surface area (Å²) in [4.78, 5) is 17.1. The number of hydrogen-bond acceptors (Lipinski definition) is 8. The van der Waals surface area contributed by atoms with Crippen molar-refractivity contribution >= 4 is 27.6 Å². The van der Waals surface area contributed by atoms with E-state index < -0.39 is 5.97 Å². The summed E-state index contributed by atoms with van der Waals surface area (Å²) in [5.41, 5.74) is 1.06. The van der Waals surface area contributed by atoms with Gasteiger partial charge in [0.2, 0.25) is 18.3 Å². The van der Waals surface area contributed by atoms with E-state index in [0.29, 0.717) is 46.9 Å². The van der Waals surface area contributed by atoms with Crippen LogP contribution in [-0.4, -0.2) is 45.4 Å². The second-order valence-corrected chi connectivity index (χ2v) is 6.11. The molecule has 8 nitrogen and oxygen atoms in total. The first-order chi connectivity index (χ1) is 12.1. The molecule has 0 aliphatic carbocycles. The minimum atomic E-state index is -0.459. The Morgan fingerprint density at radius 1 is 1.24 bits per heavy atom. The van der Waals surface area contributed by atoms with E-state index in [-0.39, 0.29) is 18.6 Å². The van der Waals surface area contributed by atoms with Gasteiger partial charge in [0.1, 0.15) is 6.10 Å². The molecule has 0 saturated carbocycles. The average Bonchev–Trinajstić information content (AvgIpc) is 3.25. The molecule has 2 heterocycles. The molecule has 0 unspecified atom stereocenters. The summed E-state index contributed by atoms with van der Waals surface area (Å²) < 4.78 is 27.6. The molecular formula is C16H18BrNO7. The summed E-state index contributed by atoms with van der Waals surface area (Å²) in [6.45, 7) is 2.13. The predicted octanol–water partition coefficient (Wildman–Crippen LogP) is 2.45. The van der Waals surface area contributed by atoms with Crippen molar-refractivity contribution in [1.82, 2.24) is 0 Å². The zero-order valence-corrected chi connectivity index (χ0v) is 15.7. The molecule has 3 rings (SSSR count). The van der Waals surface area contributed by atoms with Crippen LogP contribution in [0.1, 0.15) is 18.9 Å². The Bertz CT molecular complexity index is 719. The number of esters is 1. The van der Waals surface area contributed by atoms with Gasteiger partial charge in [-0.25, -0.2) is 4.79 Å². The molecule has 0 N–H and O–H groups in total. The van der Waals surface area contributed by atoms with Crippen molar-refractivity contribution in [3.63, 3.8) is 0 Å². The SMILES string of the molecule is CCOC(=O)C1=NO[C@H](Cc2c(Br)c(OC)c3c(c2OC)OCO3)C1. The molecule has 0 spiro atoms. The van der Waals surface area contributed by atoms with Crippen LogP contribution in [0.15, 0.2) is 9.63 Å². The quantitative estimate of drug-likeness (QED) is 0.659. The summed E-state index contributed by atoms with van der Waals surface area (Å²) in [7, 11) is 3.10. The number of fused-ring (bicyclic) bond motifs is 1. The summed E-state index contributed by atoms with van der Waals surface area (Å²) in [5, 5.41) is 3.83. The number of methoxy groups -OCH3 is 2. The number of rotatable bonds is 6. The van der Waals surface area contributed by atoms with Gasteiger partial charge in [-0.2, -0.15) is 0 Å². The highest BCUT2D eigenvalue weighted by molar-refractivity contribution is 9.10. The maximum Gasteiger partial charge on any atom is 0.356 e. The molecule has 25 heavy (non-hydrogen) atoms. The zero-order valence-electron chi connectivity index (χ0n) is 14.1. The summed E-state index contributed by atoms with van der Waals surface area (Å²) >= 11 is 3.54.